The van der Waals surface area contributed by atoms with E-state index < -0.39 is 11.6 Å². The first-order valence-corrected chi connectivity index (χ1v) is 5.68. The number of nitrogens with two attached hydrogens (primary N) is 1. The van der Waals surface area contributed by atoms with Crippen LogP contribution in [0.3, 0.4) is 0 Å². The minimum atomic E-state index is -0.513. The minimum absolute atomic E-state index is 0.0148. The van der Waals surface area contributed by atoms with Crippen LogP contribution in [0.2, 0.25) is 5.02 Å². The Labute approximate surface area is 108 Å². The van der Waals surface area contributed by atoms with Crippen LogP contribution in [0.25, 0.3) is 0 Å². The van der Waals surface area contributed by atoms with E-state index in [9.17, 15) is 8.78 Å². The van der Waals surface area contributed by atoms with Gasteiger partial charge in [0.1, 0.15) is 11.6 Å². The van der Waals surface area contributed by atoms with Crippen LogP contribution in [-0.2, 0) is 6.54 Å². The number of hydrogen-bond donors (Lipinski definition) is 2. The van der Waals surface area contributed by atoms with Crippen molar-refractivity contribution in [3.8, 4) is 0 Å². The van der Waals surface area contributed by atoms with Crippen LogP contribution in [0.4, 0.5) is 20.2 Å². The Morgan fingerprint density at radius 1 is 1.06 bits per heavy atom. The topological polar surface area (TPSA) is 38.0 Å². The highest BCUT2D eigenvalue weighted by Gasteiger charge is 2.05. The molecule has 0 unspecified atom stereocenters. The predicted octanol–water partition coefficient (Wildman–Crippen LogP) is 3.82. The summed E-state index contributed by atoms with van der Waals surface area (Å²) in [4.78, 5) is 0. The summed E-state index contributed by atoms with van der Waals surface area (Å²) in [5, 5.41) is 2.81. The molecule has 0 aliphatic heterocycles. The molecule has 0 radical (unpaired) electrons. The van der Waals surface area contributed by atoms with E-state index in [1.807, 2.05) is 0 Å². The minimum Gasteiger partial charge on any atom is -0.353 e. The number of benzene rings is 2. The zero-order valence-corrected chi connectivity index (χ0v) is 10.1. The number of halogens is 3. The summed E-state index contributed by atoms with van der Waals surface area (Å²) in [6.07, 6.45) is 0. The van der Waals surface area contributed by atoms with E-state index in [1.54, 1.807) is 12.1 Å². The lowest BCUT2D eigenvalue weighted by Gasteiger charge is -2.09. The molecule has 0 bridgehead atoms. The van der Waals surface area contributed by atoms with Gasteiger partial charge in [0.15, 0.2) is 0 Å². The Morgan fingerprint density at radius 2 is 1.83 bits per heavy atom. The van der Waals surface area contributed by atoms with Crippen molar-refractivity contribution in [1.82, 2.24) is 0 Å². The van der Waals surface area contributed by atoms with E-state index in [0.29, 0.717) is 11.3 Å². The molecular formula is C13H11ClF2N2. The standard InChI is InChI=1S/C13H11ClF2N2/c14-10-6-9(2-3-11(10)15)18-13-4-1-8(7-17)5-12(13)16/h1-6,18H,7,17H2. The van der Waals surface area contributed by atoms with Crippen molar-refractivity contribution in [2.45, 2.75) is 6.54 Å². The van der Waals surface area contributed by atoms with Crippen molar-refractivity contribution in [3.63, 3.8) is 0 Å². The van der Waals surface area contributed by atoms with Gasteiger partial charge in [0.2, 0.25) is 0 Å². The van der Waals surface area contributed by atoms with E-state index in [0.717, 1.165) is 0 Å². The number of nitrogens with one attached hydrogen (secondary N) is 1. The normalized spacial score (nSPS) is 10.4. The fourth-order valence-corrected chi connectivity index (χ4v) is 1.70. The molecule has 18 heavy (non-hydrogen) atoms. The van der Waals surface area contributed by atoms with Gasteiger partial charge >= 0.3 is 0 Å². The van der Waals surface area contributed by atoms with Crippen LogP contribution in [0.5, 0.6) is 0 Å². The Morgan fingerprint density at radius 3 is 2.44 bits per heavy atom. The quantitative estimate of drug-likeness (QED) is 0.888. The van der Waals surface area contributed by atoms with E-state index in [4.69, 9.17) is 17.3 Å². The third kappa shape index (κ3) is 2.78. The fourth-order valence-electron chi connectivity index (χ4n) is 1.52. The molecule has 0 saturated heterocycles. The van der Waals surface area contributed by atoms with Crippen LogP contribution in [0.15, 0.2) is 36.4 Å². The molecule has 0 saturated carbocycles. The average molecular weight is 269 g/mol. The van der Waals surface area contributed by atoms with Gasteiger partial charge in [0, 0.05) is 12.2 Å². The zero-order chi connectivity index (χ0) is 13.1. The monoisotopic (exact) mass is 268 g/mol. The molecule has 0 atom stereocenters. The predicted molar refractivity (Wildman–Crippen MR) is 69.0 cm³/mol. The molecule has 0 spiro atoms. The van der Waals surface area contributed by atoms with Crippen LogP contribution < -0.4 is 11.1 Å². The van der Waals surface area contributed by atoms with Gasteiger partial charge in [-0.3, -0.25) is 0 Å². The van der Waals surface area contributed by atoms with Crippen LogP contribution in [0, 0.1) is 11.6 Å². The second-order valence-electron chi connectivity index (χ2n) is 3.77. The van der Waals surface area contributed by atoms with Crippen molar-refractivity contribution < 1.29 is 8.78 Å². The third-order valence-corrected chi connectivity index (χ3v) is 2.76. The van der Waals surface area contributed by atoms with Crippen molar-refractivity contribution in [1.29, 1.82) is 0 Å². The lowest BCUT2D eigenvalue weighted by Crippen LogP contribution is -1.99. The second kappa shape index (κ2) is 5.33. The summed E-state index contributed by atoms with van der Waals surface area (Å²) >= 11 is 5.64. The lowest BCUT2D eigenvalue weighted by atomic mass is 10.2. The molecule has 2 nitrogen and oxygen atoms in total. The first-order valence-electron chi connectivity index (χ1n) is 5.30. The fraction of sp³-hybridized carbons (Fsp3) is 0.0769. The highest BCUT2D eigenvalue weighted by Crippen LogP contribution is 2.24. The molecule has 0 aliphatic rings. The highest BCUT2D eigenvalue weighted by molar-refractivity contribution is 6.31. The molecule has 5 heteroatoms. The van der Waals surface area contributed by atoms with Gasteiger partial charge in [-0.1, -0.05) is 17.7 Å². The lowest BCUT2D eigenvalue weighted by molar-refractivity contribution is 0.628. The SMILES string of the molecule is NCc1ccc(Nc2ccc(F)c(Cl)c2)c(F)c1. The van der Waals surface area contributed by atoms with Gasteiger partial charge in [-0.25, -0.2) is 8.78 Å². The van der Waals surface area contributed by atoms with Gasteiger partial charge in [0.05, 0.1) is 10.7 Å². The molecule has 2 aromatic carbocycles. The summed E-state index contributed by atoms with van der Waals surface area (Å²) in [5.41, 5.74) is 6.92. The van der Waals surface area contributed by atoms with Gasteiger partial charge in [-0.2, -0.15) is 0 Å². The molecule has 2 aromatic rings. The van der Waals surface area contributed by atoms with E-state index in [2.05, 4.69) is 5.32 Å². The Kier molecular flexibility index (Phi) is 3.79. The average Bonchev–Trinajstić information content (AvgIpc) is 2.36. The molecule has 94 valence electrons. The van der Waals surface area contributed by atoms with E-state index in [-0.39, 0.29) is 17.3 Å². The van der Waals surface area contributed by atoms with Gasteiger partial charge in [0.25, 0.3) is 0 Å². The molecule has 2 rings (SSSR count). The van der Waals surface area contributed by atoms with E-state index in [1.165, 1.54) is 24.3 Å². The molecule has 3 N–H and O–H groups in total. The highest BCUT2D eigenvalue weighted by atomic mass is 35.5. The molecule has 0 fully saturated rings. The van der Waals surface area contributed by atoms with Crippen LogP contribution in [0.1, 0.15) is 5.56 Å². The largest absolute Gasteiger partial charge is 0.353 e. The van der Waals surface area contributed by atoms with Gasteiger partial charge < -0.3 is 11.1 Å². The maximum absolute atomic E-state index is 13.7. The number of anilines is 2. The third-order valence-electron chi connectivity index (χ3n) is 2.47. The number of rotatable bonds is 3. The molecular weight excluding hydrogens is 258 g/mol. The summed E-state index contributed by atoms with van der Waals surface area (Å²) in [5.74, 6) is -0.931. The van der Waals surface area contributed by atoms with Gasteiger partial charge in [-0.05, 0) is 35.9 Å². The summed E-state index contributed by atoms with van der Waals surface area (Å²) < 4.78 is 26.6. The smallest absolute Gasteiger partial charge is 0.146 e. The van der Waals surface area contributed by atoms with Crippen molar-refractivity contribution in [2.24, 2.45) is 5.73 Å². The number of hydrogen-bond acceptors (Lipinski definition) is 2. The van der Waals surface area contributed by atoms with E-state index >= 15 is 0 Å². The maximum Gasteiger partial charge on any atom is 0.146 e. The Hall–Kier alpha value is -1.65. The molecule has 0 aliphatic carbocycles. The Bertz CT molecular complexity index is 573. The molecule has 0 aromatic heterocycles. The summed E-state index contributed by atoms with van der Waals surface area (Å²) in [6, 6.07) is 8.75. The van der Waals surface area contributed by atoms with Crippen LogP contribution in [-0.4, -0.2) is 0 Å². The van der Waals surface area contributed by atoms with Crippen molar-refractivity contribution >= 4 is 23.0 Å². The van der Waals surface area contributed by atoms with Crippen LogP contribution >= 0.6 is 11.6 Å². The second-order valence-corrected chi connectivity index (χ2v) is 4.18. The summed E-state index contributed by atoms with van der Waals surface area (Å²) in [6.45, 7) is 0.277. The molecule has 0 heterocycles. The first-order chi connectivity index (χ1) is 8.60. The Balaban J connectivity index is 2.25. The zero-order valence-electron chi connectivity index (χ0n) is 9.38. The first kappa shape index (κ1) is 12.8. The summed E-state index contributed by atoms with van der Waals surface area (Å²) in [7, 11) is 0. The molecule has 0 amide bonds. The van der Waals surface area contributed by atoms with Gasteiger partial charge in [-0.15, -0.1) is 0 Å². The maximum atomic E-state index is 13.7. The van der Waals surface area contributed by atoms with Crippen molar-refractivity contribution in [2.75, 3.05) is 5.32 Å². The van der Waals surface area contributed by atoms with Crippen molar-refractivity contribution in [3.05, 3.63) is 58.6 Å².